The minimum Gasteiger partial charge on any atom is -0.475 e. The first-order chi connectivity index (χ1) is 8.81. The predicted molar refractivity (Wildman–Crippen MR) is 63.7 cm³/mol. The molecule has 8 nitrogen and oxygen atoms in total. The number of hydrogen-bond acceptors (Lipinski definition) is 5. The highest BCUT2D eigenvalue weighted by atomic mass is 16.5. The molecule has 2 N–H and O–H groups in total. The summed E-state index contributed by atoms with van der Waals surface area (Å²) in [5.74, 6) is -2.64. The molecule has 19 heavy (non-hydrogen) atoms. The molecule has 0 atom stereocenters. The van der Waals surface area contributed by atoms with Crippen molar-refractivity contribution < 1.29 is 24.0 Å². The standard InChI is InChI=1S/C11H15N3O5/c1-6(2)12-9(15)5-14(3)10(16)7-4-8(11(17)18)19-13-7/h4,6H,5H2,1-3H3,(H,12,15)(H,17,18). The Morgan fingerprint density at radius 2 is 2.11 bits per heavy atom. The van der Waals surface area contributed by atoms with Crippen LogP contribution in [0.15, 0.2) is 10.6 Å². The Kier molecular flexibility index (Phi) is 4.62. The highest BCUT2D eigenvalue weighted by Crippen LogP contribution is 2.06. The van der Waals surface area contributed by atoms with Gasteiger partial charge in [-0.05, 0) is 13.8 Å². The molecule has 0 saturated carbocycles. The normalized spacial score (nSPS) is 10.3. The monoisotopic (exact) mass is 269 g/mol. The summed E-state index contributed by atoms with van der Waals surface area (Å²) in [6, 6.07) is 0.989. The van der Waals surface area contributed by atoms with Gasteiger partial charge in [0.1, 0.15) is 0 Å². The lowest BCUT2D eigenvalue weighted by atomic mass is 10.3. The number of amides is 2. The molecular formula is C11H15N3O5. The van der Waals surface area contributed by atoms with Crippen LogP contribution in [-0.4, -0.2) is 52.6 Å². The molecule has 0 aliphatic heterocycles. The smallest absolute Gasteiger partial charge is 0.374 e. The molecule has 104 valence electrons. The van der Waals surface area contributed by atoms with E-state index in [9.17, 15) is 14.4 Å². The van der Waals surface area contributed by atoms with Crippen molar-refractivity contribution in [2.75, 3.05) is 13.6 Å². The van der Waals surface area contributed by atoms with E-state index in [1.165, 1.54) is 7.05 Å². The maximum Gasteiger partial charge on any atom is 0.374 e. The highest BCUT2D eigenvalue weighted by molar-refractivity contribution is 5.96. The van der Waals surface area contributed by atoms with Crippen molar-refractivity contribution in [2.45, 2.75) is 19.9 Å². The van der Waals surface area contributed by atoms with Crippen molar-refractivity contribution in [2.24, 2.45) is 0 Å². The third-order valence-corrected chi connectivity index (χ3v) is 2.12. The molecule has 8 heteroatoms. The van der Waals surface area contributed by atoms with Crippen LogP contribution in [0.3, 0.4) is 0 Å². The Morgan fingerprint density at radius 3 is 2.58 bits per heavy atom. The summed E-state index contributed by atoms with van der Waals surface area (Å²) >= 11 is 0. The molecule has 0 bridgehead atoms. The fraction of sp³-hybridized carbons (Fsp3) is 0.455. The topological polar surface area (TPSA) is 113 Å². The molecule has 1 rings (SSSR count). The third kappa shape index (κ3) is 4.09. The molecule has 0 aliphatic rings. The predicted octanol–water partition coefficient (Wildman–Crippen LogP) is -0.0306. The van der Waals surface area contributed by atoms with Gasteiger partial charge in [-0.2, -0.15) is 0 Å². The van der Waals surface area contributed by atoms with Crippen molar-refractivity contribution in [3.8, 4) is 0 Å². The summed E-state index contributed by atoms with van der Waals surface area (Å²) in [6.07, 6.45) is 0. The van der Waals surface area contributed by atoms with Gasteiger partial charge in [0, 0.05) is 19.2 Å². The van der Waals surface area contributed by atoms with E-state index >= 15 is 0 Å². The zero-order valence-corrected chi connectivity index (χ0v) is 10.8. The second-order valence-electron chi connectivity index (χ2n) is 4.26. The average Bonchev–Trinajstić information content (AvgIpc) is 2.75. The van der Waals surface area contributed by atoms with Crippen LogP contribution in [0.2, 0.25) is 0 Å². The number of aromatic nitrogens is 1. The molecule has 0 fully saturated rings. The van der Waals surface area contributed by atoms with Crippen LogP contribution >= 0.6 is 0 Å². The summed E-state index contributed by atoms with van der Waals surface area (Å²) in [5, 5.41) is 14.6. The van der Waals surface area contributed by atoms with Crippen LogP contribution in [0.25, 0.3) is 0 Å². The van der Waals surface area contributed by atoms with Crippen LogP contribution in [0.4, 0.5) is 0 Å². The lowest BCUT2D eigenvalue weighted by Gasteiger charge is -2.16. The van der Waals surface area contributed by atoms with Gasteiger partial charge in [-0.1, -0.05) is 5.16 Å². The summed E-state index contributed by atoms with van der Waals surface area (Å²) in [6.45, 7) is 3.46. The average molecular weight is 269 g/mol. The van der Waals surface area contributed by atoms with E-state index in [4.69, 9.17) is 5.11 Å². The molecule has 0 aliphatic carbocycles. The second-order valence-corrected chi connectivity index (χ2v) is 4.26. The van der Waals surface area contributed by atoms with Crippen LogP contribution in [0.5, 0.6) is 0 Å². The van der Waals surface area contributed by atoms with Gasteiger partial charge in [0.2, 0.25) is 11.7 Å². The summed E-state index contributed by atoms with van der Waals surface area (Å²) < 4.78 is 4.47. The number of nitrogens with zero attached hydrogens (tertiary/aromatic N) is 2. The van der Waals surface area contributed by atoms with E-state index in [0.29, 0.717) is 0 Å². The van der Waals surface area contributed by atoms with Gasteiger partial charge in [-0.25, -0.2) is 4.79 Å². The fourth-order valence-electron chi connectivity index (χ4n) is 1.33. The molecule has 0 radical (unpaired) electrons. The lowest BCUT2D eigenvalue weighted by molar-refractivity contribution is -0.122. The third-order valence-electron chi connectivity index (χ3n) is 2.12. The first kappa shape index (κ1) is 14.7. The van der Waals surface area contributed by atoms with E-state index in [0.717, 1.165) is 11.0 Å². The van der Waals surface area contributed by atoms with Crippen LogP contribution in [0.1, 0.15) is 34.9 Å². The summed E-state index contributed by atoms with van der Waals surface area (Å²) in [4.78, 5) is 35.0. The Balaban J connectivity index is 2.66. The van der Waals surface area contributed by atoms with E-state index in [1.54, 1.807) is 13.8 Å². The maximum atomic E-state index is 11.8. The van der Waals surface area contributed by atoms with Crippen LogP contribution in [-0.2, 0) is 4.79 Å². The molecule has 2 amide bonds. The summed E-state index contributed by atoms with van der Waals surface area (Å²) in [7, 11) is 1.41. The van der Waals surface area contributed by atoms with Crippen molar-refractivity contribution >= 4 is 17.8 Å². The van der Waals surface area contributed by atoms with Crippen LogP contribution < -0.4 is 5.32 Å². The number of aromatic carboxylic acids is 1. The molecule has 1 aromatic rings. The molecule has 0 spiro atoms. The van der Waals surface area contributed by atoms with Gasteiger partial charge in [-0.3, -0.25) is 9.59 Å². The number of carboxylic acids is 1. The lowest BCUT2D eigenvalue weighted by Crippen LogP contribution is -2.40. The van der Waals surface area contributed by atoms with E-state index in [-0.39, 0.29) is 24.2 Å². The minimum absolute atomic E-state index is 0.0262. The first-order valence-electron chi connectivity index (χ1n) is 5.56. The summed E-state index contributed by atoms with van der Waals surface area (Å²) in [5.41, 5.74) is -0.155. The van der Waals surface area contributed by atoms with E-state index < -0.39 is 17.6 Å². The SMILES string of the molecule is CC(C)NC(=O)CN(C)C(=O)c1cc(C(=O)O)on1. The number of likely N-dealkylation sites (N-methyl/N-ethyl adjacent to an activating group) is 1. The Bertz CT molecular complexity index is 494. The highest BCUT2D eigenvalue weighted by Gasteiger charge is 2.21. The largest absolute Gasteiger partial charge is 0.475 e. The molecular weight excluding hydrogens is 254 g/mol. The zero-order chi connectivity index (χ0) is 14.6. The van der Waals surface area contributed by atoms with Gasteiger partial charge in [0.05, 0.1) is 6.54 Å². The number of rotatable bonds is 5. The number of carboxylic acid groups (broad SMARTS) is 1. The van der Waals surface area contributed by atoms with E-state index in [2.05, 4.69) is 15.0 Å². The van der Waals surface area contributed by atoms with Crippen molar-refractivity contribution in [1.82, 2.24) is 15.4 Å². The second kappa shape index (κ2) is 5.98. The molecule has 0 unspecified atom stereocenters. The van der Waals surface area contributed by atoms with Gasteiger partial charge in [-0.15, -0.1) is 0 Å². The van der Waals surface area contributed by atoms with Gasteiger partial charge < -0.3 is 19.8 Å². The number of carbonyl (C=O) groups is 3. The Morgan fingerprint density at radius 1 is 1.47 bits per heavy atom. The van der Waals surface area contributed by atoms with Crippen molar-refractivity contribution in [1.29, 1.82) is 0 Å². The van der Waals surface area contributed by atoms with Crippen molar-refractivity contribution in [3.63, 3.8) is 0 Å². The van der Waals surface area contributed by atoms with Gasteiger partial charge in [0.25, 0.3) is 5.91 Å². The first-order valence-corrected chi connectivity index (χ1v) is 5.56. The Labute approximate surface area is 109 Å². The fourth-order valence-corrected chi connectivity index (χ4v) is 1.33. The zero-order valence-electron chi connectivity index (χ0n) is 10.8. The van der Waals surface area contributed by atoms with Crippen molar-refractivity contribution in [3.05, 3.63) is 17.5 Å². The Hall–Kier alpha value is -2.38. The van der Waals surface area contributed by atoms with Crippen LogP contribution in [0, 0.1) is 0 Å². The van der Waals surface area contributed by atoms with E-state index in [1.807, 2.05) is 0 Å². The number of carbonyl (C=O) groups excluding carboxylic acids is 2. The molecule has 0 saturated heterocycles. The number of hydrogen-bond donors (Lipinski definition) is 2. The molecule has 0 aromatic carbocycles. The molecule has 1 aromatic heterocycles. The maximum absolute atomic E-state index is 11.8. The number of nitrogens with one attached hydrogen (secondary N) is 1. The quantitative estimate of drug-likeness (QED) is 0.776. The van der Waals surface area contributed by atoms with Gasteiger partial charge >= 0.3 is 5.97 Å². The van der Waals surface area contributed by atoms with Gasteiger partial charge in [0.15, 0.2) is 5.69 Å². The minimum atomic E-state index is -1.31. The molecule has 1 heterocycles.